The van der Waals surface area contributed by atoms with Gasteiger partial charge in [-0.3, -0.25) is 0 Å². The van der Waals surface area contributed by atoms with Gasteiger partial charge in [-0.2, -0.15) is 0 Å². The van der Waals surface area contributed by atoms with Gasteiger partial charge in [-0.05, 0) is 59.4 Å². The van der Waals surface area contributed by atoms with Crippen molar-refractivity contribution in [3.8, 4) is 11.5 Å². The molecule has 4 nitrogen and oxygen atoms in total. The lowest BCUT2D eigenvalue weighted by Crippen LogP contribution is -2.45. The van der Waals surface area contributed by atoms with Crippen LogP contribution in [0.15, 0.2) is 109 Å². The van der Waals surface area contributed by atoms with Crippen LogP contribution >= 0.6 is 0 Å². The first-order valence-electron chi connectivity index (χ1n) is 11.5. The standard InChI is InChI=1S/C30H28O4/c1-31-27-17-13-25(14-18-27)29(23-9-5-3-6-10-23)21-22-30(34-33-29,24-11-7-4-8-12-24)26-15-19-28(32-2)20-16-26/h3-20H,21-22H2,1-2H3. The number of rotatable bonds is 6. The Labute approximate surface area is 200 Å². The molecule has 0 spiro atoms. The van der Waals surface area contributed by atoms with E-state index in [0.717, 1.165) is 46.6 Å². The van der Waals surface area contributed by atoms with Gasteiger partial charge in [-0.25, -0.2) is 9.78 Å². The highest BCUT2D eigenvalue weighted by molar-refractivity contribution is 5.43. The van der Waals surface area contributed by atoms with E-state index in [1.165, 1.54) is 0 Å². The highest BCUT2D eigenvalue weighted by Crippen LogP contribution is 2.51. The summed E-state index contributed by atoms with van der Waals surface area (Å²) in [5.41, 5.74) is 2.68. The van der Waals surface area contributed by atoms with Crippen LogP contribution in [0.4, 0.5) is 0 Å². The van der Waals surface area contributed by atoms with E-state index in [0.29, 0.717) is 0 Å². The van der Waals surface area contributed by atoms with Crippen molar-refractivity contribution < 1.29 is 19.2 Å². The van der Waals surface area contributed by atoms with Crippen LogP contribution in [0, 0.1) is 0 Å². The van der Waals surface area contributed by atoms with Gasteiger partial charge in [0.15, 0.2) is 11.2 Å². The van der Waals surface area contributed by atoms with E-state index in [9.17, 15) is 0 Å². The molecule has 0 bridgehead atoms. The summed E-state index contributed by atoms with van der Waals surface area (Å²) in [6.07, 6.45) is 1.45. The van der Waals surface area contributed by atoms with Crippen LogP contribution < -0.4 is 9.47 Å². The average molecular weight is 453 g/mol. The molecule has 1 aliphatic rings. The van der Waals surface area contributed by atoms with Crippen LogP contribution in [-0.2, 0) is 21.0 Å². The van der Waals surface area contributed by atoms with Gasteiger partial charge in [0.25, 0.3) is 0 Å². The largest absolute Gasteiger partial charge is 0.497 e. The summed E-state index contributed by atoms with van der Waals surface area (Å²) >= 11 is 0. The van der Waals surface area contributed by atoms with E-state index in [-0.39, 0.29) is 0 Å². The molecule has 0 saturated carbocycles. The van der Waals surface area contributed by atoms with Crippen LogP contribution in [0.5, 0.6) is 11.5 Å². The summed E-state index contributed by atoms with van der Waals surface area (Å²) in [6.45, 7) is 0. The van der Waals surface area contributed by atoms with E-state index in [1.807, 2.05) is 60.7 Å². The maximum Gasteiger partial charge on any atom is 0.154 e. The van der Waals surface area contributed by atoms with Gasteiger partial charge in [-0.1, -0.05) is 84.9 Å². The lowest BCUT2D eigenvalue weighted by molar-refractivity contribution is -0.432. The third-order valence-electron chi connectivity index (χ3n) is 6.75. The Morgan fingerprint density at radius 3 is 1.09 bits per heavy atom. The second-order valence-electron chi connectivity index (χ2n) is 8.51. The Hall–Kier alpha value is -3.60. The average Bonchev–Trinajstić information content (AvgIpc) is 2.94. The van der Waals surface area contributed by atoms with Crippen molar-refractivity contribution in [3.63, 3.8) is 0 Å². The first-order valence-corrected chi connectivity index (χ1v) is 11.5. The summed E-state index contributed by atoms with van der Waals surface area (Å²) in [5, 5.41) is 0. The molecule has 1 saturated heterocycles. The second kappa shape index (κ2) is 9.34. The smallest absolute Gasteiger partial charge is 0.154 e. The molecular formula is C30H28O4. The van der Waals surface area contributed by atoms with Gasteiger partial charge >= 0.3 is 0 Å². The van der Waals surface area contributed by atoms with E-state index < -0.39 is 11.2 Å². The quantitative estimate of drug-likeness (QED) is 0.308. The molecule has 2 unspecified atom stereocenters. The van der Waals surface area contributed by atoms with Crippen molar-refractivity contribution in [1.82, 2.24) is 0 Å². The molecule has 0 N–H and O–H groups in total. The van der Waals surface area contributed by atoms with Crippen LogP contribution in [0.2, 0.25) is 0 Å². The fourth-order valence-corrected chi connectivity index (χ4v) is 4.82. The number of benzene rings is 4. The molecule has 4 aromatic carbocycles. The lowest BCUT2D eigenvalue weighted by Gasteiger charge is -2.46. The highest BCUT2D eigenvalue weighted by Gasteiger charge is 2.49. The van der Waals surface area contributed by atoms with Crippen molar-refractivity contribution in [3.05, 3.63) is 131 Å². The SMILES string of the molecule is COc1ccc(C2(c3ccccc3)CCC(c3ccccc3)(c3ccc(OC)cc3)OO2)cc1. The van der Waals surface area contributed by atoms with Gasteiger partial charge in [-0.15, -0.1) is 0 Å². The summed E-state index contributed by atoms with van der Waals surface area (Å²) in [5.74, 6) is 1.61. The Bertz CT molecular complexity index is 1100. The molecule has 0 radical (unpaired) electrons. The van der Waals surface area contributed by atoms with Crippen LogP contribution in [0.25, 0.3) is 0 Å². The third-order valence-corrected chi connectivity index (χ3v) is 6.75. The predicted octanol–water partition coefficient (Wildman–Crippen LogP) is 6.63. The monoisotopic (exact) mass is 452 g/mol. The number of hydrogen-bond acceptors (Lipinski definition) is 4. The van der Waals surface area contributed by atoms with Crippen molar-refractivity contribution in [2.75, 3.05) is 14.2 Å². The summed E-state index contributed by atoms with van der Waals surface area (Å²) in [6, 6.07) is 36.6. The van der Waals surface area contributed by atoms with Crippen molar-refractivity contribution >= 4 is 0 Å². The highest BCUT2D eigenvalue weighted by atomic mass is 17.2. The molecule has 172 valence electrons. The molecule has 0 aromatic heterocycles. The van der Waals surface area contributed by atoms with Crippen LogP contribution in [0.1, 0.15) is 35.1 Å². The van der Waals surface area contributed by atoms with Crippen LogP contribution in [-0.4, -0.2) is 14.2 Å². The van der Waals surface area contributed by atoms with E-state index in [1.54, 1.807) is 14.2 Å². The second-order valence-corrected chi connectivity index (χ2v) is 8.51. The molecule has 1 heterocycles. The number of hydrogen-bond donors (Lipinski definition) is 0. The molecular weight excluding hydrogens is 424 g/mol. The Kier molecular flexibility index (Phi) is 6.10. The molecule has 0 aliphatic carbocycles. The Morgan fingerprint density at radius 1 is 0.471 bits per heavy atom. The molecule has 34 heavy (non-hydrogen) atoms. The van der Waals surface area contributed by atoms with Gasteiger partial charge in [0, 0.05) is 0 Å². The summed E-state index contributed by atoms with van der Waals surface area (Å²) < 4.78 is 10.8. The third kappa shape index (κ3) is 3.85. The van der Waals surface area contributed by atoms with Crippen molar-refractivity contribution in [1.29, 1.82) is 0 Å². The lowest BCUT2D eigenvalue weighted by atomic mass is 9.74. The van der Waals surface area contributed by atoms with Gasteiger partial charge in [0.05, 0.1) is 14.2 Å². The minimum Gasteiger partial charge on any atom is -0.497 e. The first kappa shape index (κ1) is 22.2. The number of methoxy groups -OCH3 is 2. The molecule has 1 fully saturated rings. The molecule has 1 aliphatic heterocycles. The normalized spacial score (nSPS) is 22.2. The van der Waals surface area contributed by atoms with Crippen molar-refractivity contribution in [2.45, 2.75) is 24.0 Å². The fraction of sp³-hybridized carbons (Fsp3) is 0.200. The molecule has 4 aromatic rings. The van der Waals surface area contributed by atoms with E-state index in [4.69, 9.17) is 19.2 Å². The van der Waals surface area contributed by atoms with Crippen LogP contribution in [0.3, 0.4) is 0 Å². The van der Waals surface area contributed by atoms with Crippen molar-refractivity contribution in [2.24, 2.45) is 0 Å². The van der Waals surface area contributed by atoms with Gasteiger partial charge < -0.3 is 9.47 Å². The first-order chi connectivity index (χ1) is 16.7. The number of ether oxygens (including phenoxy) is 2. The van der Waals surface area contributed by atoms with E-state index >= 15 is 0 Å². The molecule has 4 heteroatoms. The van der Waals surface area contributed by atoms with Gasteiger partial charge in [0.2, 0.25) is 0 Å². The minimum absolute atomic E-state index is 0.726. The molecule has 0 amide bonds. The Balaban J connectivity index is 1.59. The summed E-state index contributed by atoms with van der Waals surface area (Å²) in [4.78, 5) is 13.0. The fourth-order valence-electron chi connectivity index (χ4n) is 4.82. The molecule has 2 atom stereocenters. The minimum atomic E-state index is -0.738. The van der Waals surface area contributed by atoms with E-state index in [2.05, 4.69) is 48.5 Å². The topological polar surface area (TPSA) is 36.9 Å². The maximum atomic E-state index is 6.52. The molecule has 5 rings (SSSR count). The zero-order valence-electron chi connectivity index (χ0n) is 19.4. The summed E-state index contributed by atoms with van der Waals surface area (Å²) in [7, 11) is 3.34. The Morgan fingerprint density at radius 2 is 0.794 bits per heavy atom. The maximum absolute atomic E-state index is 6.52. The zero-order chi connectivity index (χ0) is 23.4. The zero-order valence-corrected chi connectivity index (χ0v) is 19.4. The predicted molar refractivity (Wildman–Crippen MR) is 132 cm³/mol. The van der Waals surface area contributed by atoms with Gasteiger partial charge in [0.1, 0.15) is 11.5 Å².